The van der Waals surface area contributed by atoms with Crippen LogP contribution in [0.15, 0.2) is 54.6 Å². The molecule has 2 atom stereocenters. The molecule has 0 saturated heterocycles. The summed E-state index contributed by atoms with van der Waals surface area (Å²) in [6, 6.07) is 18.0. The van der Waals surface area contributed by atoms with E-state index in [1.807, 2.05) is 42.5 Å². The summed E-state index contributed by atoms with van der Waals surface area (Å²) in [7, 11) is 0. The van der Waals surface area contributed by atoms with Crippen LogP contribution in [0.5, 0.6) is 0 Å². The van der Waals surface area contributed by atoms with E-state index in [-0.39, 0.29) is 11.8 Å². The van der Waals surface area contributed by atoms with E-state index in [1.54, 1.807) is 0 Å². The van der Waals surface area contributed by atoms with Crippen LogP contribution in [0.2, 0.25) is 5.02 Å². The molecule has 0 radical (unpaired) electrons. The van der Waals surface area contributed by atoms with Gasteiger partial charge in [0.05, 0.1) is 0 Å². The smallest absolute Gasteiger partial charge is 0.223 e. The maximum absolute atomic E-state index is 12.1. The molecule has 0 heterocycles. The molecule has 2 aromatic carbocycles. The Morgan fingerprint density at radius 2 is 1.95 bits per heavy atom. The predicted molar refractivity (Wildman–Crippen MR) is 85.5 cm³/mol. The van der Waals surface area contributed by atoms with Gasteiger partial charge in [-0.25, -0.2) is 0 Å². The number of hydrogen-bond acceptors (Lipinski definition) is 1. The second-order valence-corrected chi connectivity index (χ2v) is 5.97. The van der Waals surface area contributed by atoms with Crippen LogP contribution in [0.1, 0.15) is 23.5 Å². The van der Waals surface area contributed by atoms with Gasteiger partial charge in [0.15, 0.2) is 0 Å². The molecule has 2 nitrogen and oxygen atoms in total. The third-order valence-electron chi connectivity index (χ3n) is 3.96. The summed E-state index contributed by atoms with van der Waals surface area (Å²) >= 11 is 5.95. The fourth-order valence-electron chi connectivity index (χ4n) is 2.71. The van der Waals surface area contributed by atoms with Gasteiger partial charge in [0.2, 0.25) is 5.91 Å². The summed E-state index contributed by atoms with van der Waals surface area (Å²) in [5, 5.41) is 3.77. The molecule has 1 aliphatic carbocycles. The standard InChI is InChI=1S/C18H18ClNO/c19-15-8-4-5-13(11-15)9-10-20-18(21)17-12-16(17)14-6-2-1-3-7-14/h1-8,11,16-17H,9-10,12H2,(H,20,21)/t16-,17+/m0/s1. The summed E-state index contributed by atoms with van der Waals surface area (Å²) in [5.74, 6) is 0.718. The highest BCUT2D eigenvalue weighted by Gasteiger charge is 2.43. The van der Waals surface area contributed by atoms with Gasteiger partial charge in [-0.05, 0) is 42.0 Å². The van der Waals surface area contributed by atoms with E-state index in [0.29, 0.717) is 12.5 Å². The third kappa shape index (κ3) is 3.64. The van der Waals surface area contributed by atoms with Crippen LogP contribution in [0, 0.1) is 5.92 Å². The first kappa shape index (κ1) is 14.2. The maximum Gasteiger partial charge on any atom is 0.223 e. The zero-order valence-corrected chi connectivity index (χ0v) is 12.5. The molecule has 1 saturated carbocycles. The van der Waals surface area contributed by atoms with Gasteiger partial charge in [-0.15, -0.1) is 0 Å². The number of nitrogens with one attached hydrogen (secondary N) is 1. The first-order valence-electron chi connectivity index (χ1n) is 7.31. The minimum absolute atomic E-state index is 0.145. The number of hydrogen-bond donors (Lipinski definition) is 1. The largest absolute Gasteiger partial charge is 0.356 e. The van der Waals surface area contributed by atoms with Crippen LogP contribution < -0.4 is 5.32 Å². The number of carbonyl (C=O) groups excluding carboxylic acids is 1. The van der Waals surface area contributed by atoms with Gasteiger partial charge in [0, 0.05) is 17.5 Å². The summed E-state index contributed by atoms with van der Waals surface area (Å²) < 4.78 is 0. The van der Waals surface area contributed by atoms with Crippen molar-refractivity contribution in [3.05, 3.63) is 70.7 Å². The van der Waals surface area contributed by atoms with Crippen LogP contribution in [0.25, 0.3) is 0 Å². The minimum atomic E-state index is 0.145. The Labute approximate surface area is 130 Å². The lowest BCUT2D eigenvalue weighted by molar-refractivity contribution is -0.122. The molecule has 21 heavy (non-hydrogen) atoms. The van der Waals surface area contributed by atoms with E-state index in [9.17, 15) is 4.79 Å². The van der Waals surface area contributed by atoms with E-state index < -0.39 is 0 Å². The first-order chi connectivity index (χ1) is 10.2. The molecule has 3 rings (SSSR count). The van der Waals surface area contributed by atoms with Crippen molar-refractivity contribution in [2.75, 3.05) is 6.54 Å². The number of amides is 1. The van der Waals surface area contributed by atoms with E-state index in [0.717, 1.165) is 23.4 Å². The second kappa shape index (κ2) is 6.31. The van der Waals surface area contributed by atoms with Crippen molar-refractivity contribution in [1.82, 2.24) is 5.32 Å². The van der Waals surface area contributed by atoms with Gasteiger partial charge in [-0.3, -0.25) is 4.79 Å². The van der Waals surface area contributed by atoms with Crippen molar-refractivity contribution >= 4 is 17.5 Å². The Bertz CT molecular complexity index is 626. The number of carbonyl (C=O) groups is 1. The molecule has 0 spiro atoms. The lowest BCUT2D eigenvalue weighted by Crippen LogP contribution is -2.27. The van der Waals surface area contributed by atoms with Crippen molar-refractivity contribution in [3.63, 3.8) is 0 Å². The van der Waals surface area contributed by atoms with Gasteiger partial charge >= 0.3 is 0 Å². The molecular weight excluding hydrogens is 282 g/mol. The Morgan fingerprint density at radius 3 is 2.71 bits per heavy atom. The molecule has 1 N–H and O–H groups in total. The van der Waals surface area contributed by atoms with E-state index >= 15 is 0 Å². The summed E-state index contributed by atoms with van der Waals surface area (Å²) in [6.07, 6.45) is 1.78. The predicted octanol–water partition coefficient (Wildman–Crippen LogP) is 3.80. The summed E-state index contributed by atoms with van der Waals surface area (Å²) in [6.45, 7) is 0.664. The fourth-order valence-corrected chi connectivity index (χ4v) is 2.92. The van der Waals surface area contributed by atoms with E-state index in [2.05, 4.69) is 17.4 Å². The second-order valence-electron chi connectivity index (χ2n) is 5.53. The number of benzene rings is 2. The molecule has 0 bridgehead atoms. The quantitative estimate of drug-likeness (QED) is 0.894. The zero-order valence-electron chi connectivity index (χ0n) is 11.8. The van der Waals surface area contributed by atoms with Crippen molar-refractivity contribution in [1.29, 1.82) is 0 Å². The molecule has 0 unspecified atom stereocenters. The monoisotopic (exact) mass is 299 g/mol. The van der Waals surface area contributed by atoms with Crippen molar-refractivity contribution in [2.45, 2.75) is 18.8 Å². The molecule has 0 aromatic heterocycles. The minimum Gasteiger partial charge on any atom is -0.356 e. The number of rotatable bonds is 5. The first-order valence-corrected chi connectivity index (χ1v) is 7.69. The van der Waals surface area contributed by atoms with E-state index in [1.165, 1.54) is 5.56 Å². The highest BCUT2D eigenvalue weighted by atomic mass is 35.5. The Balaban J connectivity index is 1.46. The van der Waals surface area contributed by atoms with Crippen molar-refractivity contribution in [2.24, 2.45) is 5.92 Å². The average molecular weight is 300 g/mol. The summed E-state index contributed by atoms with van der Waals surface area (Å²) in [4.78, 5) is 12.1. The van der Waals surface area contributed by atoms with Crippen molar-refractivity contribution in [3.8, 4) is 0 Å². The normalized spacial score (nSPS) is 20.0. The SMILES string of the molecule is O=C(NCCc1cccc(Cl)c1)[C@@H]1C[C@H]1c1ccccc1. The highest BCUT2D eigenvalue weighted by Crippen LogP contribution is 2.47. The van der Waals surface area contributed by atoms with Crippen molar-refractivity contribution < 1.29 is 4.79 Å². The van der Waals surface area contributed by atoms with Gasteiger partial charge in [-0.1, -0.05) is 54.1 Å². The number of halogens is 1. The van der Waals surface area contributed by atoms with Crippen LogP contribution in [-0.4, -0.2) is 12.5 Å². The molecule has 1 aliphatic rings. The molecule has 0 aliphatic heterocycles. The molecular formula is C18H18ClNO. The highest BCUT2D eigenvalue weighted by molar-refractivity contribution is 6.30. The van der Waals surface area contributed by atoms with Crippen LogP contribution in [0.4, 0.5) is 0 Å². The molecule has 1 fully saturated rings. The third-order valence-corrected chi connectivity index (χ3v) is 4.19. The average Bonchev–Trinajstić information content (AvgIpc) is 3.29. The summed E-state index contributed by atoms with van der Waals surface area (Å²) in [5.41, 5.74) is 2.42. The maximum atomic E-state index is 12.1. The zero-order chi connectivity index (χ0) is 14.7. The molecule has 1 amide bonds. The Morgan fingerprint density at radius 1 is 1.14 bits per heavy atom. The van der Waals surface area contributed by atoms with Crippen LogP contribution in [0.3, 0.4) is 0 Å². The topological polar surface area (TPSA) is 29.1 Å². The van der Waals surface area contributed by atoms with Gasteiger partial charge in [0.1, 0.15) is 0 Å². The van der Waals surface area contributed by atoms with Gasteiger partial charge in [-0.2, -0.15) is 0 Å². The molecule has 3 heteroatoms. The van der Waals surface area contributed by atoms with Crippen LogP contribution in [-0.2, 0) is 11.2 Å². The van der Waals surface area contributed by atoms with Gasteiger partial charge in [0.25, 0.3) is 0 Å². The Hall–Kier alpha value is -1.80. The van der Waals surface area contributed by atoms with E-state index in [4.69, 9.17) is 11.6 Å². The van der Waals surface area contributed by atoms with Crippen LogP contribution >= 0.6 is 11.6 Å². The molecule has 108 valence electrons. The Kier molecular flexibility index (Phi) is 4.26. The lowest BCUT2D eigenvalue weighted by Gasteiger charge is -2.05. The fraction of sp³-hybridized carbons (Fsp3) is 0.278. The lowest BCUT2D eigenvalue weighted by atomic mass is 10.1. The molecule has 2 aromatic rings. The van der Waals surface area contributed by atoms with Gasteiger partial charge < -0.3 is 5.32 Å².